The molecule has 0 bridgehead atoms. The van der Waals surface area contributed by atoms with Gasteiger partial charge in [-0.3, -0.25) is 0 Å². The Hall–Kier alpha value is 0.320. The molecule has 66 valence electrons. The van der Waals surface area contributed by atoms with E-state index >= 15 is 0 Å². The largest absolute Gasteiger partial charge is 0.307 e. The molecule has 2 unspecified atom stereocenters. The Morgan fingerprint density at radius 1 is 1.83 bits per heavy atom. The summed E-state index contributed by atoms with van der Waals surface area (Å²) in [6.07, 6.45) is 3.26. The van der Waals surface area contributed by atoms with Gasteiger partial charge in [-0.2, -0.15) is 0 Å². The second kappa shape index (κ2) is 3.59. The highest BCUT2D eigenvalue weighted by Crippen LogP contribution is 2.29. The molecule has 0 aliphatic heterocycles. The highest BCUT2D eigenvalue weighted by atomic mass is 127. The number of rotatable bonds is 3. The van der Waals surface area contributed by atoms with E-state index < -0.39 is 0 Å². The van der Waals surface area contributed by atoms with E-state index in [9.17, 15) is 0 Å². The van der Waals surface area contributed by atoms with E-state index in [0.29, 0.717) is 0 Å². The number of halogens is 1. The molecule has 0 amide bonds. The zero-order valence-electron chi connectivity index (χ0n) is 6.88. The first-order valence-corrected chi connectivity index (χ1v) is 5.99. The van der Waals surface area contributed by atoms with E-state index in [1.165, 1.54) is 14.3 Å². The topological polar surface area (TPSA) is 24.9 Å². The van der Waals surface area contributed by atoms with Crippen molar-refractivity contribution in [3.8, 4) is 0 Å². The Bertz CT molecular complexity index is 274. The molecule has 0 saturated heterocycles. The third-order valence-corrected chi connectivity index (χ3v) is 3.88. The lowest BCUT2D eigenvalue weighted by Crippen LogP contribution is -2.16. The minimum Gasteiger partial charge on any atom is -0.307 e. The number of thiazole rings is 1. The van der Waals surface area contributed by atoms with Crippen LogP contribution in [0, 0.1) is 8.80 Å². The second-order valence-electron chi connectivity index (χ2n) is 3.26. The molecule has 2 atom stereocenters. The fourth-order valence-electron chi connectivity index (χ4n) is 1.19. The molecule has 1 N–H and O–H groups in total. The van der Waals surface area contributed by atoms with Crippen molar-refractivity contribution >= 4 is 33.9 Å². The minimum absolute atomic E-state index is 0.756. The van der Waals surface area contributed by atoms with E-state index in [-0.39, 0.29) is 0 Å². The summed E-state index contributed by atoms with van der Waals surface area (Å²) in [5, 5.41) is 4.69. The smallest absolute Gasteiger partial charge is 0.107 e. The van der Waals surface area contributed by atoms with E-state index in [0.717, 1.165) is 18.5 Å². The highest BCUT2D eigenvalue weighted by molar-refractivity contribution is 14.1. The molecule has 2 rings (SSSR count). The van der Waals surface area contributed by atoms with Gasteiger partial charge in [0.2, 0.25) is 0 Å². The highest BCUT2D eigenvalue weighted by Gasteiger charge is 2.31. The molecule has 12 heavy (non-hydrogen) atoms. The summed E-state index contributed by atoms with van der Waals surface area (Å²) in [6, 6.07) is 0.756. The average molecular weight is 294 g/mol. The molecule has 1 heterocycles. The van der Waals surface area contributed by atoms with Crippen molar-refractivity contribution in [3.63, 3.8) is 0 Å². The summed E-state index contributed by atoms with van der Waals surface area (Å²) < 4.78 is 1.27. The SMILES string of the molecule is CC1CC1NCc1ncc(I)s1. The van der Waals surface area contributed by atoms with Crippen LogP contribution in [-0.2, 0) is 6.54 Å². The second-order valence-corrected chi connectivity index (χ2v) is 6.27. The van der Waals surface area contributed by atoms with Crippen molar-refractivity contribution in [1.82, 2.24) is 10.3 Å². The average Bonchev–Trinajstić information content (AvgIpc) is 2.56. The van der Waals surface area contributed by atoms with Gasteiger partial charge in [0, 0.05) is 12.6 Å². The molecular formula is C8H11IN2S. The van der Waals surface area contributed by atoms with Crippen molar-refractivity contribution in [2.24, 2.45) is 5.92 Å². The van der Waals surface area contributed by atoms with Gasteiger partial charge < -0.3 is 5.32 Å². The molecular weight excluding hydrogens is 283 g/mol. The van der Waals surface area contributed by atoms with Crippen LogP contribution in [0.25, 0.3) is 0 Å². The molecule has 0 aromatic carbocycles. The first-order valence-electron chi connectivity index (χ1n) is 4.09. The summed E-state index contributed by atoms with van der Waals surface area (Å²) in [4.78, 5) is 4.29. The maximum atomic E-state index is 4.29. The quantitative estimate of drug-likeness (QED) is 0.865. The Balaban J connectivity index is 1.80. The van der Waals surface area contributed by atoms with Gasteiger partial charge in [-0.25, -0.2) is 4.98 Å². The molecule has 4 heteroatoms. The minimum atomic E-state index is 0.756. The van der Waals surface area contributed by atoms with Crippen LogP contribution in [0.5, 0.6) is 0 Å². The van der Waals surface area contributed by atoms with Gasteiger partial charge in [-0.1, -0.05) is 6.92 Å². The lowest BCUT2D eigenvalue weighted by molar-refractivity contribution is 0.650. The van der Waals surface area contributed by atoms with Crippen LogP contribution in [0.1, 0.15) is 18.4 Å². The lowest BCUT2D eigenvalue weighted by atomic mass is 10.5. The van der Waals surface area contributed by atoms with E-state index in [2.05, 4.69) is 39.8 Å². The number of hydrogen-bond acceptors (Lipinski definition) is 3. The number of aromatic nitrogens is 1. The molecule has 1 saturated carbocycles. The fraction of sp³-hybridized carbons (Fsp3) is 0.625. The van der Waals surface area contributed by atoms with Gasteiger partial charge in [0.05, 0.1) is 9.08 Å². The zero-order valence-corrected chi connectivity index (χ0v) is 9.85. The van der Waals surface area contributed by atoms with Gasteiger partial charge in [-0.05, 0) is 34.9 Å². The molecule has 0 spiro atoms. The summed E-state index contributed by atoms with van der Waals surface area (Å²) in [5.74, 6) is 0.879. The first-order chi connectivity index (χ1) is 5.75. The van der Waals surface area contributed by atoms with Crippen molar-refractivity contribution in [2.75, 3.05) is 0 Å². The fourth-order valence-corrected chi connectivity index (χ4v) is 2.69. The maximum Gasteiger partial charge on any atom is 0.107 e. The molecule has 2 nitrogen and oxygen atoms in total. The number of hydrogen-bond donors (Lipinski definition) is 1. The van der Waals surface area contributed by atoms with Crippen molar-refractivity contribution in [1.29, 1.82) is 0 Å². The third kappa shape index (κ3) is 2.17. The third-order valence-electron chi connectivity index (χ3n) is 2.15. The predicted molar refractivity (Wildman–Crippen MR) is 59.2 cm³/mol. The summed E-state index contributed by atoms with van der Waals surface area (Å²) in [5.41, 5.74) is 0. The molecule has 1 aromatic rings. The van der Waals surface area contributed by atoms with Crippen LogP contribution in [0.15, 0.2) is 6.20 Å². The normalized spacial score (nSPS) is 27.5. The predicted octanol–water partition coefficient (Wildman–Crippen LogP) is 2.25. The summed E-state index contributed by atoms with van der Waals surface area (Å²) in [6.45, 7) is 3.23. The monoisotopic (exact) mass is 294 g/mol. The molecule has 1 aliphatic carbocycles. The van der Waals surface area contributed by atoms with Crippen molar-refractivity contribution in [2.45, 2.75) is 25.9 Å². The molecule has 1 fully saturated rings. The zero-order chi connectivity index (χ0) is 8.55. The Labute approximate surface area is 89.9 Å². The van der Waals surface area contributed by atoms with Gasteiger partial charge in [0.15, 0.2) is 0 Å². The van der Waals surface area contributed by atoms with Crippen LogP contribution in [-0.4, -0.2) is 11.0 Å². The Morgan fingerprint density at radius 2 is 2.58 bits per heavy atom. The van der Waals surface area contributed by atoms with Crippen molar-refractivity contribution in [3.05, 3.63) is 14.1 Å². The van der Waals surface area contributed by atoms with Crippen LogP contribution in [0.2, 0.25) is 0 Å². The summed E-state index contributed by atoms with van der Waals surface area (Å²) in [7, 11) is 0. The molecule has 1 aromatic heterocycles. The Kier molecular flexibility index (Phi) is 2.66. The van der Waals surface area contributed by atoms with E-state index in [1.807, 2.05) is 6.20 Å². The number of nitrogens with one attached hydrogen (secondary N) is 1. The Morgan fingerprint density at radius 3 is 3.08 bits per heavy atom. The summed E-state index contributed by atoms with van der Waals surface area (Å²) >= 11 is 4.08. The lowest BCUT2D eigenvalue weighted by Gasteiger charge is -1.97. The molecule has 1 aliphatic rings. The van der Waals surface area contributed by atoms with Gasteiger partial charge in [-0.15, -0.1) is 11.3 Å². The van der Waals surface area contributed by atoms with Crippen LogP contribution in [0.4, 0.5) is 0 Å². The van der Waals surface area contributed by atoms with E-state index in [4.69, 9.17) is 0 Å². The number of nitrogens with zero attached hydrogens (tertiary/aromatic N) is 1. The first kappa shape index (κ1) is 8.90. The van der Waals surface area contributed by atoms with Crippen LogP contribution in [0.3, 0.4) is 0 Å². The van der Waals surface area contributed by atoms with Gasteiger partial charge >= 0.3 is 0 Å². The van der Waals surface area contributed by atoms with Crippen LogP contribution < -0.4 is 5.32 Å². The standard InChI is InChI=1S/C8H11IN2S/c1-5-2-6(5)10-4-8-11-3-7(9)12-8/h3,5-6,10H,2,4H2,1H3. The van der Waals surface area contributed by atoms with E-state index in [1.54, 1.807) is 11.3 Å². The maximum absolute atomic E-state index is 4.29. The van der Waals surface area contributed by atoms with Gasteiger partial charge in [0.1, 0.15) is 5.01 Å². The van der Waals surface area contributed by atoms with Gasteiger partial charge in [0.25, 0.3) is 0 Å². The van der Waals surface area contributed by atoms with Crippen molar-refractivity contribution < 1.29 is 0 Å². The molecule has 0 radical (unpaired) electrons. The van der Waals surface area contributed by atoms with Crippen LogP contribution >= 0.6 is 33.9 Å².